The van der Waals surface area contributed by atoms with Crippen molar-refractivity contribution in [1.82, 2.24) is 10.2 Å². The minimum atomic E-state index is -0.483. The number of aromatic nitrogens is 2. The van der Waals surface area contributed by atoms with Gasteiger partial charge in [-0.25, -0.2) is 4.79 Å². The summed E-state index contributed by atoms with van der Waals surface area (Å²) in [6, 6.07) is 1.63. The predicted octanol–water partition coefficient (Wildman–Crippen LogP) is 1.43. The fourth-order valence-electron chi connectivity index (χ4n) is 0.726. The number of amides is 1. The minimum absolute atomic E-state index is 0.130. The van der Waals surface area contributed by atoms with Crippen molar-refractivity contribution in [1.29, 1.82) is 0 Å². The van der Waals surface area contributed by atoms with Gasteiger partial charge in [-0.15, -0.1) is 0 Å². The molecule has 0 radical (unpaired) electrons. The summed E-state index contributed by atoms with van der Waals surface area (Å²) in [4.78, 5) is 11.0. The highest BCUT2D eigenvalue weighted by Crippen LogP contribution is 2.02. The van der Waals surface area contributed by atoms with E-state index in [0.29, 0.717) is 5.69 Å². The van der Waals surface area contributed by atoms with E-state index >= 15 is 0 Å². The molecule has 5 heteroatoms. The maximum atomic E-state index is 11.0. The molecule has 0 atom stereocenters. The first kappa shape index (κ1) is 9.44. The molecule has 70 valence electrons. The normalized spacial score (nSPS) is 9.77. The number of carbonyl (C=O) groups is 1. The molecule has 0 aliphatic carbocycles. The van der Waals surface area contributed by atoms with Crippen molar-refractivity contribution in [3.63, 3.8) is 0 Å². The van der Waals surface area contributed by atoms with Gasteiger partial charge in [0, 0.05) is 0 Å². The summed E-state index contributed by atoms with van der Waals surface area (Å²) in [7, 11) is 0. The summed E-state index contributed by atoms with van der Waals surface area (Å²) in [6.07, 6.45) is 2.32. The smallest absolute Gasteiger partial charge is 0.411 e. The van der Waals surface area contributed by atoms with Gasteiger partial charge in [-0.2, -0.15) is 10.2 Å². The van der Waals surface area contributed by atoms with Crippen LogP contribution in [0.5, 0.6) is 0 Å². The average molecular weight is 181 g/mol. The van der Waals surface area contributed by atoms with Crippen LogP contribution >= 0.6 is 0 Å². The van der Waals surface area contributed by atoms with E-state index in [4.69, 9.17) is 4.74 Å². The van der Waals surface area contributed by atoms with E-state index in [-0.39, 0.29) is 6.10 Å². The van der Waals surface area contributed by atoms with Gasteiger partial charge in [-0.05, 0) is 19.9 Å². The number of nitrogens with zero attached hydrogens (tertiary/aromatic N) is 2. The number of hydrogen-bond acceptors (Lipinski definition) is 4. The van der Waals surface area contributed by atoms with Gasteiger partial charge < -0.3 is 4.74 Å². The third kappa shape index (κ3) is 3.50. The first-order valence-corrected chi connectivity index (χ1v) is 3.93. The molecule has 0 aliphatic rings. The highest BCUT2D eigenvalue weighted by molar-refractivity contribution is 5.84. The van der Waals surface area contributed by atoms with E-state index in [2.05, 4.69) is 15.5 Å². The van der Waals surface area contributed by atoms with Crippen molar-refractivity contribution < 1.29 is 9.53 Å². The van der Waals surface area contributed by atoms with Gasteiger partial charge in [0.05, 0.1) is 24.2 Å². The molecule has 0 saturated carbocycles. The van der Waals surface area contributed by atoms with Crippen molar-refractivity contribution >= 4 is 11.8 Å². The Labute approximate surface area is 76.1 Å². The van der Waals surface area contributed by atoms with Gasteiger partial charge in [-0.3, -0.25) is 5.32 Å². The van der Waals surface area contributed by atoms with Crippen LogP contribution in [0.1, 0.15) is 13.8 Å². The SMILES string of the molecule is CC(C)OC(=O)Nc1ccnnc1. The number of hydrogen-bond donors (Lipinski definition) is 1. The van der Waals surface area contributed by atoms with Crippen LogP contribution in [0.25, 0.3) is 0 Å². The van der Waals surface area contributed by atoms with E-state index in [1.807, 2.05) is 0 Å². The maximum Gasteiger partial charge on any atom is 0.411 e. The van der Waals surface area contributed by atoms with Crippen molar-refractivity contribution in [3.05, 3.63) is 18.5 Å². The van der Waals surface area contributed by atoms with Crippen LogP contribution in [0.4, 0.5) is 10.5 Å². The van der Waals surface area contributed by atoms with Crippen LogP contribution in [-0.4, -0.2) is 22.4 Å². The third-order valence-electron chi connectivity index (χ3n) is 1.17. The fourth-order valence-corrected chi connectivity index (χ4v) is 0.726. The summed E-state index contributed by atoms with van der Waals surface area (Å²) in [6.45, 7) is 3.56. The molecule has 0 bridgehead atoms. The molecule has 0 aromatic carbocycles. The van der Waals surface area contributed by atoms with Gasteiger partial charge in [-0.1, -0.05) is 0 Å². The second-order valence-electron chi connectivity index (χ2n) is 2.71. The second-order valence-corrected chi connectivity index (χ2v) is 2.71. The van der Waals surface area contributed by atoms with Gasteiger partial charge in [0.1, 0.15) is 0 Å². The zero-order valence-electron chi connectivity index (χ0n) is 7.52. The molecular formula is C8H11N3O2. The first-order chi connectivity index (χ1) is 6.18. The molecule has 0 unspecified atom stereocenters. The summed E-state index contributed by atoms with van der Waals surface area (Å²) < 4.78 is 4.86. The summed E-state index contributed by atoms with van der Waals surface area (Å²) in [5.74, 6) is 0. The largest absolute Gasteiger partial charge is 0.447 e. The molecule has 1 aromatic heterocycles. The van der Waals surface area contributed by atoms with Gasteiger partial charge >= 0.3 is 6.09 Å². The summed E-state index contributed by atoms with van der Waals surface area (Å²) in [5.41, 5.74) is 0.570. The molecule has 5 nitrogen and oxygen atoms in total. The van der Waals surface area contributed by atoms with E-state index in [1.165, 1.54) is 12.4 Å². The van der Waals surface area contributed by atoms with E-state index < -0.39 is 6.09 Å². The lowest BCUT2D eigenvalue weighted by atomic mass is 10.5. The Hall–Kier alpha value is -1.65. The molecule has 1 N–H and O–H groups in total. The van der Waals surface area contributed by atoms with Crippen LogP contribution in [0, 0.1) is 0 Å². The van der Waals surface area contributed by atoms with Crippen LogP contribution in [0.15, 0.2) is 18.5 Å². The Morgan fingerprint density at radius 3 is 2.85 bits per heavy atom. The molecule has 1 aromatic rings. The van der Waals surface area contributed by atoms with Crippen molar-refractivity contribution in [2.45, 2.75) is 20.0 Å². The summed E-state index contributed by atoms with van der Waals surface area (Å²) in [5, 5.41) is 9.68. The lowest BCUT2D eigenvalue weighted by molar-refractivity contribution is 0.130. The monoisotopic (exact) mass is 181 g/mol. The molecule has 1 heterocycles. The number of rotatable bonds is 2. The predicted molar refractivity (Wildman–Crippen MR) is 47.3 cm³/mol. The minimum Gasteiger partial charge on any atom is -0.447 e. The average Bonchev–Trinajstić information content (AvgIpc) is 2.04. The molecule has 0 spiro atoms. The van der Waals surface area contributed by atoms with E-state index in [0.717, 1.165) is 0 Å². The van der Waals surface area contributed by atoms with Crippen LogP contribution in [0.3, 0.4) is 0 Å². The Morgan fingerprint density at radius 2 is 2.31 bits per heavy atom. The zero-order valence-corrected chi connectivity index (χ0v) is 7.52. The topological polar surface area (TPSA) is 64.1 Å². The Morgan fingerprint density at radius 1 is 1.54 bits per heavy atom. The third-order valence-corrected chi connectivity index (χ3v) is 1.17. The molecule has 0 aliphatic heterocycles. The Kier molecular flexibility index (Phi) is 3.19. The van der Waals surface area contributed by atoms with Crippen LogP contribution in [0.2, 0.25) is 0 Å². The van der Waals surface area contributed by atoms with Crippen LogP contribution < -0.4 is 5.32 Å². The van der Waals surface area contributed by atoms with E-state index in [1.54, 1.807) is 19.9 Å². The Balaban J connectivity index is 2.46. The standard InChI is InChI=1S/C8H11N3O2/c1-6(2)13-8(12)11-7-3-4-9-10-5-7/h3-6H,1-2H3,(H,9,11,12). The maximum absolute atomic E-state index is 11.0. The fraction of sp³-hybridized carbons (Fsp3) is 0.375. The van der Waals surface area contributed by atoms with Gasteiger partial charge in [0.25, 0.3) is 0 Å². The van der Waals surface area contributed by atoms with Crippen LogP contribution in [-0.2, 0) is 4.74 Å². The van der Waals surface area contributed by atoms with Crippen molar-refractivity contribution in [2.75, 3.05) is 5.32 Å². The lowest BCUT2D eigenvalue weighted by Crippen LogP contribution is -2.18. The Bertz CT molecular complexity index is 274. The lowest BCUT2D eigenvalue weighted by Gasteiger charge is -2.08. The number of nitrogens with one attached hydrogen (secondary N) is 1. The van der Waals surface area contributed by atoms with Gasteiger partial charge in [0.15, 0.2) is 0 Å². The molecular weight excluding hydrogens is 170 g/mol. The molecule has 0 saturated heterocycles. The van der Waals surface area contributed by atoms with Gasteiger partial charge in [0.2, 0.25) is 0 Å². The molecule has 1 rings (SSSR count). The van der Waals surface area contributed by atoms with Crippen molar-refractivity contribution in [3.8, 4) is 0 Å². The molecule has 0 fully saturated rings. The number of carbonyl (C=O) groups excluding carboxylic acids is 1. The number of ether oxygens (including phenoxy) is 1. The second kappa shape index (κ2) is 4.39. The van der Waals surface area contributed by atoms with Crippen molar-refractivity contribution in [2.24, 2.45) is 0 Å². The number of anilines is 1. The molecule has 13 heavy (non-hydrogen) atoms. The summed E-state index contributed by atoms with van der Waals surface area (Å²) >= 11 is 0. The highest BCUT2D eigenvalue weighted by Gasteiger charge is 2.04. The van der Waals surface area contributed by atoms with E-state index in [9.17, 15) is 4.79 Å². The zero-order chi connectivity index (χ0) is 9.68. The highest BCUT2D eigenvalue weighted by atomic mass is 16.6. The first-order valence-electron chi connectivity index (χ1n) is 3.93. The molecule has 1 amide bonds. The quantitative estimate of drug-likeness (QED) is 0.749.